The average Bonchev–Trinajstić information content (AvgIpc) is 2.30. The van der Waals surface area contributed by atoms with E-state index in [1.807, 2.05) is 0 Å². The molecular weight excluding hydrogens is 140 g/mol. The Balaban J connectivity index is 2.14. The Morgan fingerprint density at radius 2 is 1.36 bits per heavy atom. The lowest BCUT2D eigenvalue weighted by Crippen LogP contribution is -2.23. The first-order valence-electron chi connectivity index (χ1n) is 4.30. The lowest BCUT2D eigenvalue weighted by molar-refractivity contribution is 0.113. The van der Waals surface area contributed by atoms with Crippen LogP contribution in [-0.2, 0) is 0 Å². The molecule has 0 heterocycles. The van der Waals surface area contributed by atoms with Gasteiger partial charge in [-0.2, -0.15) is 0 Å². The second-order valence-corrected chi connectivity index (χ2v) is 3.64. The summed E-state index contributed by atoms with van der Waals surface area (Å²) in [5, 5.41) is 19.0. The van der Waals surface area contributed by atoms with Crippen molar-refractivity contribution in [2.75, 3.05) is 0 Å². The van der Waals surface area contributed by atoms with E-state index in [0.29, 0.717) is 18.3 Å². The van der Waals surface area contributed by atoms with Crippen LogP contribution in [0.4, 0.5) is 0 Å². The second-order valence-electron chi connectivity index (χ2n) is 3.64. The average molecular weight is 154 g/mol. The zero-order valence-corrected chi connectivity index (χ0v) is 6.48. The minimum Gasteiger partial charge on any atom is -0.393 e. The summed E-state index contributed by atoms with van der Waals surface area (Å²) in [6.07, 6.45) is 6.17. The van der Waals surface area contributed by atoms with Crippen molar-refractivity contribution in [2.45, 2.75) is 31.5 Å². The molecule has 2 aliphatic rings. The molecule has 2 heteroatoms. The summed E-state index contributed by atoms with van der Waals surface area (Å²) in [5.41, 5.74) is 0. The predicted octanol–water partition coefficient (Wildman–Crippen LogP) is 0.694. The van der Waals surface area contributed by atoms with Crippen LogP contribution in [-0.4, -0.2) is 22.4 Å². The van der Waals surface area contributed by atoms with Crippen molar-refractivity contribution in [3.8, 4) is 0 Å². The van der Waals surface area contributed by atoms with Gasteiger partial charge in [0, 0.05) is 0 Å². The van der Waals surface area contributed by atoms with E-state index in [2.05, 4.69) is 12.2 Å². The molecule has 0 aromatic heterocycles. The normalized spacial score (nSPS) is 49.3. The summed E-state index contributed by atoms with van der Waals surface area (Å²) < 4.78 is 0. The molecule has 4 atom stereocenters. The van der Waals surface area contributed by atoms with Gasteiger partial charge in [-0.05, 0) is 31.1 Å². The van der Waals surface area contributed by atoms with Gasteiger partial charge < -0.3 is 10.2 Å². The van der Waals surface area contributed by atoms with Gasteiger partial charge in [-0.25, -0.2) is 0 Å². The van der Waals surface area contributed by atoms with E-state index in [1.165, 1.54) is 0 Å². The molecule has 0 unspecified atom stereocenters. The molecule has 2 rings (SSSR count). The molecule has 1 saturated carbocycles. The van der Waals surface area contributed by atoms with Crippen LogP contribution in [0.2, 0.25) is 0 Å². The quantitative estimate of drug-likeness (QED) is 0.504. The summed E-state index contributed by atoms with van der Waals surface area (Å²) in [6.45, 7) is 0. The van der Waals surface area contributed by atoms with Crippen molar-refractivity contribution in [1.82, 2.24) is 0 Å². The fraction of sp³-hybridized carbons (Fsp3) is 0.778. The number of hydrogen-bond donors (Lipinski definition) is 2. The third kappa shape index (κ3) is 1.10. The minimum absolute atomic E-state index is 0.264. The number of hydrogen-bond acceptors (Lipinski definition) is 2. The molecule has 2 aliphatic carbocycles. The van der Waals surface area contributed by atoms with Crippen molar-refractivity contribution >= 4 is 0 Å². The zero-order chi connectivity index (χ0) is 7.84. The SMILES string of the molecule is O[C@@H]1C[C@H](O)[C@H]2CC=CC[C@H]21. The Morgan fingerprint density at radius 1 is 0.909 bits per heavy atom. The lowest BCUT2D eigenvalue weighted by atomic mass is 9.84. The van der Waals surface area contributed by atoms with Crippen LogP contribution in [0, 0.1) is 11.8 Å². The number of aliphatic hydroxyl groups excluding tert-OH is 2. The van der Waals surface area contributed by atoms with E-state index in [0.717, 1.165) is 12.8 Å². The Morgan fingerprint density at radius 3 is 1.82 bits per heavy atom. The first-order chi connectivity index (χ1) is 5.29. The Bertz CT molecular complexity index is 158. The van der Waals surface area contributed by atoms with E-state index >= 15 is 0 Å². The van der Waals surface area contributed by atoms with Crippen molar-refractivity contribution < 1.29 is 10.2 Å². The van der Waals surface area contributed by atoms with Gasteiger partial charge in [0.25, 0.3) is 0 Å². The third-order valence-corrected chi connectivity index (χ3v) is 3.00. The molecule has 62 valence electrons. The molecule has 0 aromatic rings. The molecule has 0 radical (unpaired) electrons. The monoisotopic (exact) mass is 154 g/mol. The van der Waals surface area contributed by atoms with Crippen molar-refractivity contribution in [3.63, 3.8) is 0 Å². The van der Waals surface area contributed by atoms with Gasteiger partial charge in [0.2, 0.25) is 0 Å². The first kappa shape index (κ1) is 7.32. The van der Waals surface area contributed by atoms with E-state index in [4.69, 9.17) is 0 Å². The molecule has 0 aliphatic heterocycles. The molecule has 0 spiro atoms. The van der Waals surface area contributed by atoms with Gasteiger partial charge in [0.15, 0.2) is 0 Å². The van der Waals surface area contributed by atoms with Gasteiger partial charge in [-0.3, -0.25) is 0 Å². The molecule has 1 fully saturated rings. The number of allylic oxidation sites excluding steroid dienone is 2. The summed E-state index contributed by atoms with van der Waals surface area (Å²) in [6, 6.07) is 0. The molecule has 2 nitrogen and oxygen atoms in total. The topological polar surface area (TPSA) is 40.5 Å². The van der Waals surface area contributed by atoms with Crippen molar-refractivity contribution in [2.24, 2.45) is 11.8 Å². The van der Waals surface area contributed by atoms with Gasteiger partial charge >= 0.3 is 0 Å². The van der Waals surface area contributed by atoms with E-state index in [9.17, 15) is 10.2 Å². The highest BCUT2D eigenvalue weighted by Crippen LogP contribution is 2.39. The van der Waals surface area contributed by atoms with E-state index < -0.39 is 0 Å². The molecule has 2 N–H and O–H groups in total. The Labute approximate surface area is 66.5 Å². The highest BCUT2D eigenvalue weighted by atomic mass is 16.3. The van der Waals surface area contributed by atoms with E-state index in [1.54, 1.807) is 0 Å². The fourth-order valence-electron chi connectivity index (χ4n) is 2.34. The first-order valence-corrected chi connectivity index (χ1v) is 4.30. The summed E-state index contributed by atoms with van der Waals surface area (Å²) in [5.74, 6) is 0.657. The molecule has 0 amide bonds. The minimum atomic E-state index is -0.264. The maximum atomic E-state index is 9.50. The lowest BCUT2D eigenvalue weighted by Gasteiger charge is -2.24. The zero-order valence-electron chi connectivity index (χ0n) is 6.48. The largest absolute Gasteiger partial charge is 0.393 e. The number of aliphatic hydroxyl groups is 2. The third-order valence-electron chi connectivity index (χ3n) is 3.00. The number of rotatable bonds is 0. The Kier molecular flexibility index (Phi) is 1.74. The Hall–Kier alpha value is -0.340. The summed E-state index contributed by atoms with van der Waals surface area (Å²) in [4.78, 5) is 0. The highest BCUT2D eigenvalue weighted by Gasteiger charge is 2.41. The van der Waals surface area contributed by atoms with Gasteiger partial charge in [-0.1, -0.05) is 12.2 Å². The maximum Gasteiger partial charge on any atom is 0.0599 e. The standard InChI is InChI=1S/C9H14O2/c10-8-5-9(11)7-4-2-1-3-6(7)8/h1-2,6-11H,3-5H2/t6-,7+,8-,9+. The van der Waals surface area contributed by atoms with Crippen LogP contribution < -0.4 is 0 Å². The van der Waals surface area contributed by atoms with Crippen molar-refractivity contribution in [3.05, 3.63) is 12.2 Å². The second kappa shape index (κ2) is 2.61. The summed E-state index contributed by atoms with van der Waals surface area (Å²) in [7, 11) is 0. The van der Waals surface area contributed by atoms with Gasteiger partial charge in [0.05, 0.1) is 12.2 Å². The van der Waals surface area contributed by atoms with Crippen molar-refractivity contribution in [1.29, 1.82) is 0 Å². The molecule has 0 aromatic carbocycles. The highest BCUT2D eigenvalue weighted by molar-refractivity contribution is 5.03. The fourth-order valence-corrected chi connectivity index (χ4v) is 2.34. The smallest absolute Gasteiger partial charge is 0.0599 e. The molecule has 11 heavy (non-hydrogen) atoms. The van der Waals surface area contributed by atoms with Crippen LogP contribution in [0.15, 0.2) is 12.2 Å². The van der Waals surface area contributed by atoms with Gasteiger partial charge in [0.1, 0.15) is 0 Å². The van der Waals surface area contributed by atoms with Crippen LogP contribution in [0.3, 0.4) is 0 Å². The predicted molar refractivity (Wildman–Crippen MR) is 42.0 cm³/mol. The molecule has 0 saturated heterocycles. The number of fused-ring (bicyclic) bond motifs is 1. The molecular formula is C9H14O2. The maximum absolute atomic E-state index is 9.50. The van der Waals surface area contributed by atoms with E-state index in [-0.39, 0.29) is 12.2 Å². The summed E-state index contributed by atoms with van der Waals surface area (Å²) >= 11 is 0. The van der Waals surface area contributed by atoms with Crippen LogP contribution in [0.1, 0.15) is 19.3 Å². The van der Waals surface area contributed by atoms with Gasteiger partial charge in [-0.15, -0.1) is 0 Å². The molecule has 0 bridgehead atoms. The van der Waals surface area contributed by atoms with Crippen LogP contribution in [0.5, 0.6) is 0 Å². The van der Waals surface area contributed by atoms with Crippen LogP contribution in [0.25, 0.3) is 0 Å². The van der Waals surface area contributed by atoms with Crippen LogP contribution >= 0.6 is 0 Å².